The minimum absolute atomic E-state index is 0.115. The normalized spacial score (nSPS) is 13.5. The van der Waals surface area contributed by atoms with Gasteiger partial charge in [-0.05, 0) is 41.7 Å². The van der Waals surface area contributed by atoms with Crippen LogP contribution in [0.25, 0.3) is 0 Å². The van der Waals surface area contributed by atoms with Gasteiger partial charge in [-0.15, -0.1) is 5.10 Å². The average Bonchev–Trinajstić information content (AvgIpc) is 2.82. The third-order valence-electron chi connectivity index (χ3n) is 3.01. The maximum absolute atomic E-state index is 13.8. The Kier molecular flexibility index (Phi) is 4.56. The largest absolute Gasteiger partial charge is 0.323 e. The van der Waals surface area contributed by atoms with Crippen LogP contribution in [0.3, 0.4) is 0 Å². The maximum Gasteiger partial charge on any atom is 0.126 e. The molecular formula is C14H17BrFN3S. The number of rotatable bonds is 3. The second kappa shape index (κ2) is 5.87. The van der Waals surface area contributed by atoms with Gasteiger partial charge in [0.05, 0.1) is 10.6 Å². The lowest BCUT2D eigenvalue weighted by Gasteiger charge is -2.19. The Bertz CT molecular complexity index is 607. The van der Waals surface area contributed by atoms with Crippen LogP contribution in [-0.2, 0) is 11.8 Å². The van der Waals surface area contributed by atoms with Gasteiger partial charge >= 0.3 is 0 Å². The Morgan fingerprint density at radius 2 is 2.10 bits per heavy atom. The van der Waals surface area contributed by atoms with E-state index in [-0.39, 0.29) is 17.3 Å². The first kappa shape index (κ1) is 15.5. The average molecular weight is 358 g/mol. The fraction of sp³-hybridized carbons (Fsp3) is 0.429. The molecule has 2 N–H and O–H groups in total. The molecule has 108 valence electrons. The molecule has 1 unspecified atom stereocenters. The van der Waals surface area contributed by atoms with E-state index < -0.39 is 0 Å². The zero-order valence-electron chi connectivity index (χ0n) is 11.7. The van der Waals surface area contributed by atoms with Crippen molar-refractivity contribution in [1.82, 2.24) is 9.59 Å². The lowest BCUT2D eigenvalue weighted by Crippen LogP contribution is -2.20. The van der Waals surface area contributed by atoms with Gasteiger partial charge in [0.1, 0.15) is 5.82 Å². The molecule has 1 aromatic carbocycles. The van der Waals surface area contributed by atoms with Crippen molar-refractivity contribution in [3.05, 3.63) is 44.6 Å². The summed E-state index contributed by atoms with van der Waals surface area (Å²) in [6.07, 6.45) is 0.429. The van der Waals surface area contributed by atoms with E-state index in [1.54, 1.807) is 12.1 Å². The van der Waals surface area contributed by atoms with Crippen molar-refractivity contribution in [3.8, 4) is 0 Å². The summed E-state index contributed by atoms with van der Waals surface area (Å²) < 4.78 is 18.6. The second-order valence-electron chi connectivity index (χ2n) is 5.78. The summed E-state index contributed by atoms with van der Waals surface area (Å²) in [6.45, 7) is 6.21. The summed E-state index contributed by atoms with van der Waals surface area (Å²) in [4.78, 5) is 0.928. The minimum Gasteiger partial charge on any atom is -0.323 e. The molecule has 0 aliphatic rings. The highest BCUT2D eigenvalue weighted by Crippen LogP contribution is 2.31. The van der Waals surface area contributed by atoms with Crippen LogP contribution in [0.1, 0.15) is 42.9 Å². The van der Waals surface area contributed by atoms with E-state index in [0.717, 1.165) is 15.0 Å². The zero-order chi connectivity index (χ0) is 14.9. The van der Waals surface area contributed by atoms with Crippen LogP contribution in [0, 0.1) is 5.82 Å². The molecule has 2 rings (SSSR count). The molecule has 6 heteroatoms. The van der Waals surface area contributed by atoms with E-state index in [1.165, 1.54) is 17.6 Å². The fourth-order valence-corrected chi connectivity index (χ4v) is 3.26. The molecule has 0 saturated carbocycles. The van der Waals surface area contributed by atoms with Gasteiger partial charge in [-0.3, -0.25) is 0 Å². The molecule has 0 bridgehead atoms. The van der Waals surface area contributed by atoms with Gasteiger partial charge in [0.15, 0.2) is 0 Å². The molecule has 1 atom stereocenters. The van der Waals surface area contributed by atoms with Crippen LogP contribution in [0.2, 0.25) is 0 Å². The fourth-order valence-electron chi connectivity index (χ4n) is 1.99. The molecule has 0 radical (unpaired) electrons. The van der Waals surface area contributed by atoms with E-state index in [1.807, 2.05) is 0 Å². The topological polar surface area (TPSA) is 51.8 Å². The van der Waals surface area contributed by atoms with E-state index in [4.69, 9.17) is 5.73 Å². The second-order valence-corrected chi connectivity index (χ2v) is 7.48. The van der Waals surface area contributed by atoms with Crippen molar-refractivity contribution in [1.29, 1.82) is 0 Å². The van der Waals surface area contributed by atoms with Crippen LogP contribution < -0.4 is 5.73 Å². The number of nitrogens with zero attached hydrogens (tertiary/aromatic N) is 2. The molecule has 1 heterocycles. The molecule has 2 aromatic rings. The number of benzene rings is 1. The summed E-state index contributed by atoms with van der Waals surface area (Å²) in [5.41, 5.74) is 7.61. The molecule has 20 heavy (non-hydrogen) atoms. The van der Waals surface area contributed by atoms with Crippen LogP contribution in [-0.4, -0.2) is 9.59 Å². The van der Waals surface area contributed by atoms with Gasteiger partial charge in [-0.25, -0.2) is 4.39 Å². The Morgan fingerprint density at radius 3 is 2.75 bits per heavy atom. The third kappa shape index (κ3) is 3.42. The Balaban J connectivity index is 2.27. The van der Waals surface area contributed by atoms with E-state index >= 15 is 0 Å². The summed E-state index contributed by atoms with van der Waals surface area (Å²) >= 11 is 4.65. The molecule has 3 nitrogen and oxygen atoms in total. The van der Waals surface area contributed by atoms with Crippen molar-refractivity contribution < 1.29 is 4.39 Å². The predicted octanol–water partition coefficient (Wildman–Crippen LogP) is 3.98. The molecule has 0 aliphatic heterocycles. The number of hydrogen-bond acceptors (Lipinski definition) is 4. The number of hydrogen-bond donors (Lipinski definition) is 1. The lowest BCUT2D eigenvalue weighted by molar-refractivity contribution is 0.546. The summed E-state index contributed by atoms with van der Waals surface area (Å²) in [5.74, 6) is -0.238. The van der Waals surface area contributed by atoms with Crippen LogP contribution >= 0.6 is 27.5 Å². The first-order valence-corrected chi connectivity index (χ1v) is 7.88. The summed E-state index contributed by atoms with van der Waals surface area (Å²) in [6, 6.07) is 4.59. The minimum atomic E-state index is -0.298. The summed E-state index contributed by atoms with van der Waals surface area (Å²) in [5, 5.41) is 4.18. The highest BCUT2D eigenvalue weighted by atomic mass is 79.9. The molecule has 0 aliphatic carbocycles. The molecule has 0 spiro atoms. The number of halogens is 2. The maximum atomic E-state index is 13.8. The van der Waals surface area contributed by atoms with Crippen molar-refractivity contribution in [3.63, 3.8) is 0 Å². The quantitative estimate of drug-likeness (QED) is 0.903. The van der Waals surface area contributed by atoms with Crippen molar-refractivity contribution in [2.45, 2.75) is 38.6 Å². The molecular weight excluding hydrogens is 341 g/mol. The first-order chi connectivity index (χ1) is 9.29. The third-order valence-corrected chi connectivity index (χ3v) is 4.36. The van der Waals surface area contributed by atoms with Gasteiger partial charge in [0.2, 0.25) is 0 Å². The smallest absolute Gasteiger partial charge is 0.126 e. The lowest BCUT2D eigenvalue weighted by atomic mass is 9.89. The highest BCUT2D eigenvalue weighted by Gasteiger charge is 2.26. The van der Waals surface area contributed by atoms with Gasteiger partial charge < -0.3 is 5.73 Å². The Labute approximate surface area is 130 Å². The molecule has 1 aromatic heterocycles. The Hall–Kier alpha value is -0.850. The summed E-state index contributed by atoms with van der Waals surface area (Å²) in [7, 11) is 0. The van der Waals surface area contributed by atoms with Gasteiger partial charge in [0, 0.05) is 15.9 Å². The van der Waals surface area contributed by atoms with Gasteiger partial charge in [0.25, 0.3) is 0 Å². The highest BCUT2D eigenvalue weighted by molar-refractivity contribution is 9.10. The number of aromatic nitrogens is 2. The molecule has 0 fully saturated rings. The number of nitrogens with two attached hydrogens (primary N) is 1. The van der Waals surface area contributed by atoms with Crippen LogP contribution in [0.5, 0.6) is 0 Å². The van der Waals surface area contributed by atoms with Gasteiger partial charge in [-0.2, -0.15) is 0 Å². The van der Waals surface area contributed by atoms with Crippen LogP contribution in [0.15, 0.2) is 22.7 Å². The molecule has 0 saturated heterocycles. The van der Waals surface area contributed by atoms with Crippen molar-refractivity contribution >= 4 is 27.5 Å². The SMILES string of the molecule is CC(C)(C)c1nnsc1C(N)Cc1cc(Br)ccc1F. The van der Waals surface area contributed by atoms with E-state index in [2.05, 4.69) is 46.3 Å². The first-order valence-electron chi connectivity index (χ1n) is 6.31. The van der Waals surface area contributed by atoms with Crippen molar-refractivity contribution in [2.75, 3.05) is 0 Å². The van der Waals surface area contributed by atoms with Crippen molar-refractivity contribution in [2.24, 2.45) is 5.73 Å². The van der Waals surface area contributed by atoms with E-state index in [9.17, 15) is 4.39 Å². The zero-order valence-corrected chi connectivity index (χ0v) is 14.1. The van der Waals surface area contributed by atoms with E-state index in [0.29, 0.717) is 12.0 Å². The van der Waals surface area contributed by atoms with Gasteiger partial charge in [-0.1, -0.05) is 41.2 Å². The monoisotopic (exact) mass is 357 g/mol. The molecule has 0 amide bonds. The Morgan fingerprint density at radius 1 is 1.40 bits per heavy atom. The predicted molar refractivity (Wildman–Crippen MR) is 83.3 cm³/mol. The standard InChI is InChI=1S/C14H17BrFN3S/c1-14(2,3)13-12(20-19-18-13)11(17)7-8-6-9(15)4-5-10(8)16/h4-6,11H,7,17H2,1-3H3. The van der Waals surface area contributed by atoms with Crippen LogP contribution in [0.4, 0.5) is 4.39 Å².